The molecule has 0 atom stereocenters. The zero-order chi connectivity index (χ0) is 31.8. The second-order valence-electron chi connectivity index (χ2n) is 8.12. The van der Waals surface area contributed by atoms with Crippen molar-refractivity contribution in [3.05, 3.63) is 86.5 Å². The van der Waals surface area contributed by atoms with E-state index in [0.717, 1.165) is 65.1 Å². The molecule has 0 bridgehead atoms. The Labute approximate surface area is 240 Å². The van der Waals surface area contributed by atoms with Gasteiger partial charge in [-0.2, -0.15) is 26.3 Å². The Morgan fingerprint density at radius 2 is 1.31 bits per heavy atom. The first-order chi connectivity index (χ1) is 19.2. The topological polar surface area (TPSA) is 67.4 Å². The van der Waals surface area contributed by atoms with Crippen LogP contribution in [0, 0.1) is 15.2 Å². The van der Waals surface area contributed by atoms with E-state index < -0.39 is 85.7 Å². The number of anilines is 2. The van der Waals surface area contributed by atoms with E-state index in [1.54, 1.807) is 5.32 Å². The Balaban J connectivity index is 2.04. The lowest BCUT2D eigenvalue weighted by Gasteiger charge is -2.31. The van der Waals surface area contributed by atoms with Gasteiger partial charge in [-0.1, -0.05) is 6.07 Å². The summed E-state index contributed by atoms with van der Waals surface area (Å²) < 4.78 is 163. The third-order valence-electron chi connectivity index (χ3n) is 5.30. The van der Waals surface area contributed by atoms with Crippen molar-refractivity contribution in [1.82, 2.24) is 0 Å². The second-order valence-corrected chi connectivity index (χ2v) is 9.28. The molecule has 0 unspecified atom stereocenters. The molecule has 3 aromatic carbocycles. The Morgan fingerprint density at radius 3 is 1.83 bits per heavy atom. The van der Waals surface area contributed by atoms with Gasteiger partial charge in [0.1, 0.15) is 5.82 Å². The van der Waals surface area contributed by atoms with E-state index in [4.69, 9.17) is 0 Å². The normalized spacial score (nSPS) is 12.6. The van der Waals surface area contributed by atoms with E-state index in [1.165, 1.54) is 0 Å². The van der Waals surface area contributed by atoms with Crippen LogP contribution in [0.4, 0.5) is 64.1 Å². The minimum atomic E-state index is -6.68. The molecule has 0 saturated heterocycles. The first-order valence-corrected chi connectivity index (χ1v) is 11.8. The van der Waals surface area contributed by atoms with E-state index >= 15 is 4.39 Å². The fraction of sp³-hybridized carbons (Fsp3) is 0.167. The van der Waals surface area contributed by atoms with Crippen molar-refractivity contribution in [2.24, 2.45) is 0 Å². The number of hydrogen-bond acceptors (Lipinski definition) is 3. The molecule has 5 nitrogen and oxygen atoms in total. The van der Waals surface area contributed by atoms with Crippen molar-refractivity contribution in [2.45, 2.75) is 24.4 Å². The summed E-state index contributed by atoms with van der Waals surface area (Å²) in [6.07, 6.45) is -19.1. The van der Waals surface area contributed by atoms with Crippen molar-refractivity contribution in [3.8, 4) is 5.75 Å². The van der Waals surface area contributed by atoms with Crippen LogP contribution >= 0.6 is 22.6 Å². The molecule has 0 aliphatic heterocycles. The summed E-state index contributed by atoms with van der Waals surface area (Å²) in [5, 5.41) is 3.75. The van der Waals surface area contributed by atoms with Gasteiger partial charge in [-0.25, -0.2) is 13.2 Å². The molecule has 18 heteroatoms. The fourth-order valence-electron chi connectivity index (χ4n) is 3.38. The number of ether oxygens (including phenoxy) is 1. The number of nitrogens with one attached hydrogen (secondary N) is 2. The van der Waals surface area contributed by atoms with Crippen LogP contribution in [-0.2, 0) is 5.67 Å². The van der Waals surface area contributed by atoms with E-state index in [9.17, 15) is 57.9 Å². The molecule has 0 spiro atoms. The molecule has 0 aliphatic rings. The summed E-state index contributed by atoms with van der Waals surface area (Å²) >= 11 is 0.911. The fourth-order valence-corrected chi connectivity index (χ4v) is 4.11. The van der Waals surface area contributed by atoms with Gasteiger partial charge in [-0.15, -0.1) is 13.2 Å². The van der Waals surface area contributed by atoms with Gasteiger partial charge in [0.15, 0.2) is 11.6 Å². The van der Waals surface area contributed by atoms with Crippen molar-refractivity contribution in [3.63, 3.8) is 0 Å². The van der Waals surface area contributed by atoms with Crippen LogP contribution in [0.3, 0.4) is 0 Å². The molecule has 0 aromatic heterocycles. The number of alkyl halides is 10. The maximum atomic E-state index is 15.1. The molecule has 0 aliphatic carbocycles. The molecule has 0 radical (unpaired) electrons. The third kappa shape index (κ3) is 6.84. The van der Waals surface area contributed by atoms with Gasteiger partial charge in [0.25, 0.3) is 11.8 Å². The molecule has 2 N–H and O–H groups in total. The van der Waals surface area contributed by atoms with E-state index in [-0.39, 0.29) is 11.6 Å². The summed E-state index contributed by atoms with van der Waals surface area (Å²) in [5.41, 5.74) is -11.4. The highest BCUT2D eigenvalue weighted by Crippen LogP contribution is 2.54. The predicted molar refractivity (Wildman–Crippen MR) is 129 cm³/mol. The van der Waals surface area contributed by atoms with Crippen LogP contribution in [0.5, 0.6) is 5.75 Å². The van der Waals surface area contributed by atoms with Crippen molar-refractivity contribution in [2.75, 3.05) is 10.6 Å². The van der Waals surface area contributed by atoms with Crippen LogP contribution in [0.25, 0.3) is 0 Å². The molecular formula is C24H11F12IN2O3. The number of carbonyl (C=O) groups excluding carboxylic acids is 2. The lowest BCUT2D eigenvalue weighted by Crippen LogP contribution is -2.50. The Kier molecular flexibility index (Phi) is 9.00. The van der Waals surface area contributed by atoms with Crippen molar-refractivity contribution in [1.29, 1.82) is 0 Å². The molecule has 226 valence electrons. The van der Waals surface area contributed by atoms with Gasteiger partial charge in [0.05, 0.1) is 16.9 Å². The predicted octanol–water partition coefficient (Wildman–Crippen LogP) is 8.26. The van der Waals surface area contributed by atoms with E-state index in [1.807, 2.05) is 0 Å². The third-order valence-corrected chi connectivity index (χ3v) is 6.15. The first-order valence-electron chi connectivity index (χ1n) is 10.7. The number of benzene rings is 3. The van der Waals surface area contributed by atoms with Gasteiger partial charge < -0.3 is 15.4 Å². The number of halogens is 13. The summed E-state index contributed by atoms with van der Waals surface area (Å²) in [4.78, 5) is 25.1. The van der Waals surface area contributed by atoms with Crippen LogP contribution in [0.15, 0.2) is 54.6 Å². The highest BCUT2D eigenvalue weighted by molar-refractivity contribution is 14.1. The number of amides is 2. The maximum Gasteiger partial charge on any atom is 0.573 e. The average Bonchev–Trinajstić information content (AvgIpc) is 2.84. The Morgan fingerprint density at radius 1 is 0.738 bits per heavy atom. The van der Waals surface area contributed by atoms with Gasteiger partial charge in [0, 0.05) is 14.7 Å². The molecule has 3 rings (SSSR count). The monoisotopic (exact) mass is 730 g/mol. The minimum absolute atomic E-state index is 0.129. The summed E-state index contributed by atoms with van der Waals surface area (Å²) in [5.74, 6) is -6.61. The quantitative estimate of drug-likeness (QED) is 0.198. The maximum absolute atomic E-state index is 15.1. The summed E-state index contributed by atoms with van der Waals surface area (Å²) in [6.45, 7) is 0. The molecule has 0 saturated carbocycles. The van der Waals surface area contributed by atoms with Crippen LogP contribution in [0.1, 0.15) is 26.3 Å². The first kappa shape index (κ1) is 32.8. The molecule has 2 amide bonds. The highest BCUT2D eigenvalue weighted by atomic mass is 127. The second kappa shape index (κ2) is 11.5. The standard InChI is InChI=1S/C24H11F12IN2O3/c25-12-6-4-10(5-7-12)19(40)38-15-3-1-2-13(17(15)26)20(41)39-18-14(37)8-11(9-16(18)42-24(34,35)36)21(27,22(28,29)30)23(31,32)33/h1-9H,(H,38,40)(H,39,41). The summed E-state index contributed by atoms with van der Waals surface area (Å²) in [7, 11) is 0. The smallest absolute Gasteiger partial charge is 0.404 e. The van der Waals surface area contributed by atoms with Crippen LogP contribution < -0.4 is 15.4 Å². The van der Waals surface area contributed by atoms with Crippen molar-refractivity contribution >= 4 is 45.8 Å². The molecule has 42 heavy (non-hydrogen) atoms. The number of rotatable bonds is 6. The van der Waals surface area contributed by atoms with E-state index in [0.29, 0.717) is 0 Å². The van der Waals surface area contributed by atoms with E-state index in [2.05, 4.69) is 10.1 Å². The van der Waals surface area contributed by atoms with Crippen LogP contribution in [0.2, 0.25) is 0 Å². The number of hydrogen-bond donors (Lipinski definition) is 2. The largest absolute Gasteiger partial charge is 0.573 e. The van der Waals surface area contributed by atoms with Gasteiger partial charge in [-0.3, -0.25) is 9.59 Å². The molecular weight excluding hydrogens is 719 g/mol. The minimum Gasteiger partial charge on any atom is -0.404 e. The van der Waals surface area contributed by atoms with Gasteiger partial charge in [0.2, 0.25) is 0 Å². The van der Waals surface area contributed by atoms with Gasteiger partial charge >= 0.3 is 24.4 Å². The molecule has 0 heterocycles. The lowest BCUT2D eigenvalue weighted by molar-refractivity contribution is -0.348. The Bertz CT molecular complexity index is 1490. The SMILES string of the molecule is O=C(Nc1cccc(C(=O)Nc2c(I)cc(C(F)(C(F)(F)F)C(F)(F)F)cc2OC(F)(F)F)c1F)c1ccc(F)cc1. The molecule has 3 aromatic rings. The Hall–Kier alpha value is -3.71. The van der Waals surface area contributed by atoms with Gasteiger partial charge in [-0.05, 0) is 71.1 Å². The summed E-state index contributed by atoms with van der Waals surface area (Å²) in [6, 6.07) is 5.95. The zero-order valence-corrected chi connectivity index (χ0v) is 22.0. The zero-order valence-electron chi connectivity index (χ0n) is 19.8. The average molecular weight is 730 g/mol. The number of carbonyl (C=O) groups is 2. The van der Waals surface area contributed by atoms with Crippen molar-refractivity contribution < 1.29 is 67.0 Å². The molecule has 0 fully saturated rings. The highest BCUT2D eigenvalue weighted by Gasteiger charge is 2.73. The lowest BCUT2D eigenvalue weighted by atomic mass is 9.93. The van der Waals surface area contributed by atoms with Crippen LogP contribution in [-0.4, -0.2) is 30.5 Å².